The number of aromatic nitrogens is 2. The number of thioether (sulfide) groups is 1. The van der Waals surface area contributed by atoms with Crippen LogP contribution in [0.25, 0.3) is 10.8 Å². The number of hydrogen-bond acceptors (Lipinski definition) is 6. The van der Waals surface area contributed by atoms with Crippen molar-refractivity contribution in [1.82, 2.24) is 10.2 Å². The second kappa shape index (κ2) is 8.31. The molecule has 5 nitrogen and oxygen atoms in total. The van der Waals surface area contributed by atoms with E-state index >= 15 is 0 Å². The molecule has 1 heterocycles. The summed E-state index contributed by atoms with van der Waals surface area (Å²) < 4.78 is 6.73. The van der Waals surface area contributed by atoms with Gasteiger partial charge in [0.05, 0.1) is 0 Å². The van der Waals surface area contributed by atoms with Crippen molar-refractivity contribution in [2.75, 3.05) is 11.1 Å². The van der Waals surface area contributed by atoms with E-state index in [1.54, 1.807) is 18.7 Å². The standard InChI is InChI=1S/C18H19N3O2S2/c1-3-11-24-18-21-20-17(25-18)19-16(22)12(2)23-15-10-6-8-13-7-4-5-9-14(13)15/h4-10,12H,3,11H2,1-2H3,(H,19,20,22). The van der Waals surface area contributed by atoms with Crippen molar-refractivity contribution >= 4 is 44.9 Å². The summed E-state index contributed by atoms with van der Waals surface area (Å²) in [7, 11) is 0. The third-order valence-corrected chi connectivity index (χ3v) is 5.67. The molecule has 0 saturated carbocycles. The zero-order valence-corrected chi connectivity index (χ0v) is 15.7. The van der Waals surface area contributed by atoms with Crippen LogP contribution in [0, 0.1) is 0 Å². The molecule has 1 aromatic heterocycles. The zero-order valence-electron chi connectivity index (χ0n) is 14.1. The minimum atomic E-state index is -0.638. The Morgan fingerprint density at radius 3 is 2.88 bits per heavy atom. The van der Waals surface area contributed by atoms with Crippen molar-refractivity contribution in [3.05, 3.63) is 42.5 Å². The lowest BCUT2D eigenvalue weighted by molar-refractivity contribution is -0.122. The van der Waals surface area contributed by atoms with Gasteiger partial charge in [-0.05, 0) is 24.8 Å². The Balaban J connectivity index is 1.65. The highest BCUT2D eigenvalue weighted by Crippen LogP contribution is 2.27. The molecule has 0 aliphatic heterocycles. The van der Waals surface area contributed by atoms with Crippen LogP contribution < -0.4 is 10.1 Å². The summed E-state index contributed by atoms with van der Waals surface area (Å²) in [5, 5.41) is 13.4. The molecular weight excluding hydrogens is 354 g/mol. The van der Waals surface area contributed by atoms with Crippen molar-refractivity contribution in [2.45, 2.75) is 30.7 Å². The van der Waals surface area contributed by atoms with Crippen LogP contribution in [-0.4, -0.2) is 28.0 Å². The second-order valence-electron chi connectivity index (χ2n) is 5.45. The first kappa shape index (κ1) is 17.7. The summed E-state index contributed by atoms with van der Waals surface area (Å²) in [6.45, 7) is 3.84. The molecule has 0 spiro atoms. The van der Waals surface area contributed by atoms with Gasteiger partial charge in [0.25, 0.3) is 5.91 Å². The number of carbonyl (C=O) groups is 1. The maximum atomic E-state index is 12.4. The Labute approximate surface area is 154 Å². The summed E-state index contributed by atoms with van der Waals surface area (Å²) in [5.41, 5.74) is 0. The van der Waals surface area contributed by atoms with Crippen molar-refractivity contribution < 1.29 is 9.53 Å². The number of fused-ring (bicyclic) bond motifs is 1. The fraction of sp³-hybridized carbons (Fsp3) is 0.278. The molecular formula is C18H19N3O2S2. The van der Waals surface area contributed by atoms with E-state index in [0.717, 1.165) is 27.3 Å². The number of ether oxygens (including phenoxy) is 1. The number of anilines is 1. The summed E-state index contributed by atoms with van der Waals surface area (Å²) in [5.74, 6) is 1.44. The average Bonchev–Trinajstić information content (AvgIpc) is 3.07. The van der Waals surface area contributed by atoms with Crippen LogP contribution in [0.5, 0.6) is 5.75 Å². The SMILES string of the molecule is CCCSc1nnc(NC(=O)C(C)Oc2cccc3ccccc23)s1. The first-order chi connectivity index (χ1) is 12.2. The van der Waals surface area contributed by atoms with E-state index in [2.05, 4.69) is 22.4 Å². The third kappa shape index (κ3) is 4.49. The number of hydrogen-bond donors (Lipinski definition) is 1. The van der Waals surface area contributed by atoms with Crippen LogP contribution in [0.15, 0.2) is 46.8 Å². The Morgan fingerprint density at radius 1 is 1.24 bits per heavy atom. The van der Waals surface area contributed by atoms with Crippen molar-refractivity contribution in [3.8, 4) is 5.75 Å². The first-order valence-corrected chi connectivity index (χ1v) is 9.89. The number of nitrogens with zero attached hydrogens (tertiary/aromatic N) is 2. The van der Waals surface area contributed by atoms with E-state index < -0.39 is 6.10 Å². The molecule has 1 unspecified atom stereocenters. The molecule has 2 aromatic carbocycles. The van der Waals surface area contributed by atoms with Crippen molar-refractivity contribution in [2.24, 2.45) is 0 Å². The largest absolute Gasteiger partial charge is 0.480 e. The molecule has 3 aromatic rings. The molecule has 0 aliphatic rings. The van der Waals surface area contributed by atoms with E-state index in [9.17, 15) is 4.79 Å². The van der Waals surface area contributed by atoms with Crippen LogP contribution in [-0.2, 0) is 4.79 Å². The van der Waals surface area contributed by atoms with Crippen molar-refractivity contribution in [3.63, 3.8) is 0 Å². The Bertz CT molecular complexity index is 861. The summed E-state index contributed by atoms with van der Waals surface area (Å²) in [4.78, 5) is 12.4. The fourth-order valence-electron chi connectivity index (χ4n) is 2.26. The number of amides is 1. The lowest BCUT2D eigenvalue weighted by atomic mass is 10.1. The average molecular weight is 374 g/mol. The maximum absolute atomic E-state index is 12.4. The van der Waals surface area contributed by atoms with Gasteiger partial charge in [-0.25, -0.2) is 0 Å². The lowest BCUT2D eigenvalue weighted by Crippen LogP contribution is -2.30. The van der Waals surface area contributed by atoms with Crippen LogP contribution >= 0.6 is 23.1 Å². The number of benzene rings is 2. The molecule has 0 fully saturated rings. The molecule has 1 N–H and O–H groups in total. The fourth-order valence-corrected chi connectivity index (χ4v) is 3.94. The Hall–Kier alpha value is -2.12. The van der Waals surface area contributed by atoms with Gasteiger partial charge in [-0.3, -0.25) is 10.1 Å². The highest BCUT2D eigenvalue weighted by Gasteiger charge is 2.18. The van der Waals surface area contributed by atoms with E-state index in [1.807, 2.05) is 42.5 Å². The molecule has 0 saturated heterocycles. The van der Waals surface area contributed by atoms with Gasteiger partial charge in [-0.2, -0.15) is 0 Å². The van der Waals surface area contributed by atoms with Gasteiger partial charge in [0.1, 0.15) is 5.75 Å². The van der Waals surface area contributed by atoms with E-state index in [-0.39, 0.29) is 5.91 Å². The summed E-state index contributed by atoms with van der Waals surface area (Å²) in [6, 6.07) is 13.7. The second-order valence-corrected chi connectivity index (χ2v) is 7.77. The van der Waals surface area contributed by atoms with Gasteiger partial charge in [0, 0.05) is 11.1 Å². The highest BCUT2D eigenvalue weighted by molar-refractivity contribution is 8.01. The van der Waals surface area contributed by atoms with Crippen LogP contribution in [0.3, 0.4) is 0 Å². The number of rotatable bonds is 7. The van der Waals surface area contributed by atoms with Crippen LogP contribution in [0.2, 0.25) is 0 Å². The quantitative estimate of drug-likeness (QED) is 0.484. The summed E-state index contributed by atoms with van der Waals surface area (Å²) >= 11 is 3.02. The van der Waals surface area contributed by atoms with Crippen molar-refractivity contribution in [1.29, 1.82) is 0 Å². The number of nitrogens with one attached hydrogen (secondary N) is 1. The minimum Gasteiger partial charge on any atom is -0.480 e. The van der Waals surface area contributed by atoms with E-state index in [0.29, 0.717) is 10.9 Å². The molecule has 7 heteroatoms. The normalized spacial score (nSPS) is 12.1. The lowest BCUT2D eigenvalue weighted by Gasteiger charge is -2.15. The van der Waals surface area contributed by atoms with Gasteiger partial charge in [-0.1, -0.05) is 66.4 Å². The minimum absolute atomic E-state index is 0.240. The number of carbonyl (C=O) groups excluding carboxylic acids is 1. The Kier molecular flexibility index (Phi) is 5.88. The van der Waals surface area contributed by atoms with Gasteiger partial charge in [0.15, 0.2) is 10.4 Å². The highest BCUT2D eigenvalue weighted by atomic mass is 32.2. The predicted molar refractivity (Wildman–Crippen MR) is 104 cm³/mol. The van der Waals surface area contributed by atoms with Gasteiger partial charge < -0.3 is 4.74 Å². The molecule has 0 bridgehead atoms. The smallest absolute Gasteiger partial charge is 0.266 e. The molecule has 3 rings (SSSR count). The maximum Gasteiger partial charge on any atom is 0.266 e. The van der Waals surface area contributed by atoms with E-state index in [4.69, 9.17) is 4.74 Å². The Morgan fingerprint density at radius 2 is 2.04 bits per heavy atom. The molecule has 0 aliphatic carbocycles. The molecule has 1 amide bonds. The topological polar surface area (TPSA) is 64.1 Å². The third-order valence-electron chi connectivity index (χ3n) is 3.49. The van der Waals surface area contributed by atoms with E-state index in [1.165, 1.54) is 11.3 Å². The molecule has 0 radical (unpaired) electrons. The predicted octanol–water partition coefficient (Wildman–Crippen LogP) is 4.60. The summed E-state index contributed by atoms with van der Waals surface area (Å²) in [6.07, 6.45) is 0.434. The first-order valence-electron chi connectivity index (χ1n) is 8.09. The monoisotopic (exact) mass is 373 g/mol. The molecule has 130 valence electrons. The van der Waals surface area contributed by atoms with Gasteiger partial charge in [0.2, 0.25) is 5.13 Å². The van der Waals surface area contributed by atoms with Gasteiger partial charge in [-0.15, -0.1) is 10.2 Å². The molecule has 25 heavy (non-hydrogen) atoms. The van der Waals surface area contributed by atoms with Crippen LogP contribution in [0.4, 0.5) is 5.13 Å². The molecule has 1 atom stereocenters. The van der Waals surface area contributed by atoms with Crippen LogP contribution in [0.1, 0.15) is 20.3 Å². The van der Waals surface area contributed by atoms with Gasteiger partial charge >= 0.3 is 0 Å². The zero-order chi connectivity index (χ0) is 17.6.